The molecule has 0 radical (unpaired) electrons. The average Bonchev–Trinajstić information content (AvgIpc) is 2.55. The van der Waals surface area contributed by atoms with Crippen molar-refractivity contribution >= 4 is 17.8 Å². The quantitative estimate of drug-likeness (QED) is 0.190. The summed E-state index contributed by atoms with van der Waals surface area (Å²) >= 11 is 0. The van der Waals surface area contributed by atoms with E-state index < -0.39 is 17.2 Å². The number of aliphatic hydroxyl groups is 1. The van der Waals surface area contributed by atoms with Crippen LogP contribution in [0.4, 0.5) is 0 Å². The SMILES string of the molecule is CCCCCCCCCCC(=O)NC(=N)N(C)CC(=O)OC(C)(C)C(C)(C)O. The van der Waals surface area contributed by atoms with Crippen molar-refractivity contribution in [2.75, 3.05) is 13.6 Å². The summed E-state index contributed by atoms with van der Waals surface area (Å²) in [7, 11) is 1.54. The van der Waals surface area contributed by atoms with Crippen molar-refractivity contribution in [3.63, 3.8) is 0 Å². The van der Waals surface area contributed by atoms with E-state index in [4.69, 9.17) is 10.1 Å². The number of nitrogens with zero attached hydrogens (tertiary/aromatic N) is 1. The van der Waals surface area contributed by atoms with Gasteiger partial charge in [0.2, 0.25) is 5.91 Å². The molecular weight excluding hydrogens is 358 g/mol. The van der Waals surface area contributed by atoms with Gasteiger partial charge in [-0.1, -0.05) is 51.9 Å². The summed E-state index contributed by atoms with van der Waals surface area (Å²) in [6.45, 7) is 8.40. The lowest BCUT2D eigenvalue weighted by molar-refractivity contribution is -0.180. The second-order valence-corrected chi connectivity index (χ2v) is 8.52. The van der Waals surface area contributed by atoms with Crippen LogP contribution in [-0.2, 0) is 14.3 Å². The fraction of sp³-hybridized carbons (Fsp3) is 0.857. The van der Waals surface area contributed by atoms with Crippen molar-refractivity contribution in [2.45, 2.75) is 104 Å². The van der Waals surface area contributed by atoms with E-state index in [1.54, 1.807) is 27.7 Å². The number of hydrogen-bond acceptors (Lipinski definition) is 5. The van der Waals surface area contributed by atoms with Gasteiger partial charge < -0.3 is 14.7 Å². The Morgan fingerprint density at radius 1 is 1.00 bits per heavy atom. The number of nitrogens with one attached hydrogen (secondary N) is 2. The molecule has 0 aliphatic heterocycles. The van der Waals surface area contributed by atoms with Crippen LogP contribution in [0.5, 0.6) is 0 Å². The van der Waals surface area contributed by atoms with Gasteiger partial charge in [0, 0.05) is 13.5 Å². The van der Waals surface area contributed by atoms with Crippen molar-refractivity contribution in [1.82, 2.24) is 10.2 Å². The van der Waals surface area contributed by atoms with E-state index in [-0.39, 0.29) is 18.4 Å². The molecule has 28 heavy (non-hydrogen) atoms. The average molecular weight is 400 g/mol. The molecule has 0 spiro atoms. The number of unbranched alkanes of at least 4 members (excludes halogenated alkanes) is 7. The van der Waals surface area contributed by atoms with Gasteiger partial charge in [0.25, 0.3) is 0 Å². The summed E-state index contributed by atoms with van der Waals surface area (Å²) in [6.07, 6.45) is 9.63. The first-order chi connectivity index (χ1) is 12.9. The summed E-state index contributed by atoms with van der Waals surface area (Å²) in [4.78, 5) is 25.3. The molecule has 0 aromatic rings. The standard InChI is InChI=1S/C21H41N3O4/c1-7-8-9-10-11-12-13-14-15-17(25)23-19(22)24(6)16-18(26)28-21(4,5)20(2,3)27/h27H,7-16H2,1-6H3,(H2,22,23,25). The number of carbonyl (C=O) groups is 2. The van der Waals surface area contributed by atoms with Crippen LogP contribution in [0.15, 0.2) is 0 Å². The van der Waals surface area contributed by atoms with Crippen LogP contribution in [-0.4, -0.2) is 52.6 Å². The van der Waals surface area contributed by atoms with Crippen molar-refractivity contribution < 1.29 is 19.4 Å². The maximum atomic E-state index is 12.1. The molecule has 0 rings (SSSR count). The molecule has 0 bridgehead atoms. The monoisotopic (exact) mass is 399 g/mol. The van der Waals surface area contributed by atoms with E-state index in [1.807, 2.05) is 0 Å². The highest BCUT2D eigenvalue weighted by Crippen LogP contribution is 2.25. The highest BCUT2D eigenvalue weighted by atomic mass is 16.6. The Hall–Kier alpha value is -1.63. The number of carbonyl (C=O) groups excluding carboxylic acids is 2. The first-order valence-electron chi connectivity index (χ1n) is 10.4. The molecule has 7 heteroatoms. The second kappa shape index (κ2) is 12.8. The maximum absolute atomic E-state index is 12.1. The highest BCUT2D eigenvalue weighted by Gasteiger charge is 2.39. The van der Waals surface area contributed by atoms with Crippen molar-refractivity contribution in [1.29, 1.82) is 5.41 Å². The zero-order valence-corrected chi connectivity index (χ0v) is 18.7. The number of amides is 1. The normalized spacial score (nSPS) is 11.8. The lowest BCUT2D eigenvalue weighted by atomic mass is 9.89. The van der Waals surface area contributed by atoms with Crippen LogP contribution in [0.25, 0.3) is 0 Å². The smallest absolute Gasteiger partial charge is 0.326 e. The third-order valence-corrected chi connectivity index (χ3v) is 5.11. The summed E-state index contributed by atoms with van der Waals surface area (Å²) in [5.41, 5.74) is -2.26. The van der Waals surface area contributed by atoms with Crippen molar-refractivity contribution in [2.24, 2.45) is 0 Å². The molecule has 3 N–H and O–H groups in total. The number of rotatable bonds is 13. The van der Waals surface area contributed by atoms with Crippen LogP contribution in [0.1, 0.15) is 92.4 Å². The fourth-order valence-electron chi connectivity index (χ4n) is 2.42. The summed E-state index contributed by atoms with van der Waals surface area (Å²) in [5.74, 6) is -0.924. The van der Waals surface area contributed by atoms with E-state index in [0.29, 0.717) is 6.42 Å². The molecule has 0 aromatic heterocycles. The highest BCUT2D eigenvalue weighted by molar-refractivity contribution is 5.96. The second-order valence-electron chi connectivity index (χ2n) is 8.52. The van der Waals surface area contributed by atoms with Crippen LogP contribution in [0, 0.1) is 5.41 Å². The molecule has 164 valence electrons. The molecule has 0 heterocycles. The van der Waals surface area contributed by atoms with Gasteiger partial charge in [-0.15, -0.1) is 0 Å². The fourth-order valence-corrected chi connectivity index (χ4v) is 2.42. The summed E-state index contributed by atoms with van der Waals surface area (Å²) in [5, 5.41) is 20.5. The van der Waals surface area contributed by atoms with E-state index in [9.17, 15) is 14.7 Å². The Morgan fingerprint density at radius 3 is 2.00 bits per heavy atom. The Morgan fingerprint density at radius 2 is 1.50 bits per heavy atom. The largest absolute Gasteiger partial charge is 0.455 e. The first-order valence-corrected chi connectivity index (χ1v) is 10.4. The minimum absolute atomic E-state index is 0.136. The molecule has 7 nitrogen and oxygen atoms in total. The lowest BCUT2D eigenvalue weighted by Crippen LogP contribution is -2.50. The summed E-state index contributed by atoms with van der Waals surface area (Å²) in [6, 6.07) is 0. The number of guanidine groups is 1. The predicted molar refractivity (Wildman–Crippen MR) is 112 cm³/mol. The van der Waals surface area contributed by atoms with Gasteiger partial charge in [-0.3, -0.25) is 20.3 Å². The van der Waals surface area contributed by atoms with E-state index in [2.05, 4.69) is 12.2 Å². The zero-order chi connectivity index (χ0) is 21.8. The summed E-state index contributed by atoms with van der Waals surface area (Å²) < 4.78 is 5.31. The topological polar surface area (TPSA) is 103 Å². The third-order valence-electron chi connectivity index (χ3n) is 5.11. The van der Waals surface area contributed by atoms with Gasteiger partial charge >= 0.3 is 5.97 Å². The van der Waals surface area contributed by atoms with Crippen LogP contribution >= 0.6 is 0 Å². The van der Waals surface area contributed by atoms with E-state index in [1.165, 1.54) is 44.1 Å². The lowest BCUT2D eigenvalue weighted by Gasteiger charge is -2.36. The Balaban J connectivity index is 4.07. The van der Waals surface area contributed by atoms with Gasteiger partial charge in [0.15, 0.2) is 5.96 Å². The Labute approximate surface area is 170 Å². The number of hydrogen-bond donors (Lipinski definition) is 3. The molecular formula is C21H41N3O4. The Bertz CT molecular complexity index is 498. The van der Waals surface area contributed by atoms with Crippen molar-refractivity contribution in [3.05, 3.63) is 0 Å². The van der Waals surface area contributed by atoms with E-state index >= 15 is 0 Å². The maximum Gasteiger partial charge on any atom is 0.326 e. The van der Waals surface area contributed by atoms with Crippen LogP contribution in [0.2, 0.25) is 0 Å². The van der Waals surface area contributed by atoms with Crippen molar-refractivity contribution in [3.8, 4) is 0 Å². The van der Waals surface area contributed by atoms with Gasteiger partial charge in [-0.05, 0) is 34.1 Å². The van der Waals surface area contributed by atoms with E-state index in [0.717, 1.165) is 19.3 Å². The molecule has 0 saturated heterocycles. The molecule has 0 aliphatic carbocycles. The molecule has 0 aliphatic rings. The molecule has 0 atom stereocenters. The first kappa shape index (κ1) is 26.4. The zero-order valence-electron chi connectivity index (χ0n) is 18.7. The number of ether oxygens (including phenoxy) is 1. The number of likely N-dealkylation sites (N-methyl/N-ethyl adjacent to an activating group) is 1. The van der Waals surface area contributed by atoms with Gasteiger partial charge in [-0.2, -0.15) is 0 Å². The minimum atomic E-state index is -1.20. The molecule has 0 aromatic carbocycles. The van der Waals surface area contributed by atoms with Gasteiger partial charge in [0.05, 0.1) is 5.60 Å². The molecule has 0 fully saturated rings. The van der Waals surface area contributed by atoms with Crippen LogP contribution < -0.4 is 5.32 Å². The third kappa shape index (κ3) is 11.3. The van der Waals surface area contributed by atoms with Crippen LogP contribution in [0.3, 0.4) is 0 Å². The molecule has 1 amide bonds. The minimum Gasteiger partial charge on any atom is -0.455 e. The van der Waals surface area contributed by atoms with Gasteiger partial charge in [-0.25, -0.2) is 0 Å². The number of esters is 1. The predicted octanol–water partition coefficient (Wildman–Crippen LogP) is 3.59. The van der Waals surface area contributed by atoms with Gasteiger partial charge in [0.1, 0.15) is 12.1 Å². The molecule has 0 unspecified atom stereocenters. The molecule has 0 saturated carbocycles. The Kier molecular flexibility index (Phi) is 12.0.